The highest BCUT2D eigenvalue weighted by atomic mass is 79.9. The molecule has 0 saturated heterocycles. The summed E-state index contributed by atoms with van der Waals surface area (Å²) >= 11 is 3.24. The van der Waals surface area contributed by atoms with Crippen molar-refractivity contribution in [2.75, 3.05) is 13.1 Å². The molecule has 0 aromatic heterocycles. The molecule has 88 valence electrons. The summed E-state index contributed by atoms with van der Waals surface area (Å²) in [5.41, 5.74) is 1.00. The molecule has 2 nitrogen and oxygen atoms in total. The van der Waals surface area contributed by atoms with E-state index in [0.29, 0.717) is 17.6 Å². The van der Waals surface area contributed by atoms with E-state index in [1.165, 1.54) is 6.07 Å². The average molecular weight is 288 g/mol. The minimum atomic E-state index is -0.477. The van der Waals surface area contributed by atoms with Crippen molar-refractivity contribution in [1.82, 2.24) is 4.90 Å². The lowest BCUT2D eigenvalue weighted by Gasteiger charge is -2.19. The quantitative estimate of drug-likeness (QED) is 0.835. The fourth-order valence-electron chi connectivity index (χ4n) is 1.50. The monoisotopic (exact) mass is 287 g/mol. The Morgan fingerprint density at radius 2 is 1.94 bits per heavy atom. The maximum atomic E-state index is 13.6. The molecule has 1 aromatic rings. The summed E-state index contributed by atoms with van der Waals surface area (Å²) in [7, 11) is 0. The van der Waals surface area contributed by atoms with E-state index in [-0.39, 0.29) is 11.5 Å². The van der Waals surface area contributed by atoms with Crippen LogP contribution in [0.4, 0.5) is 4.39 Å². The second-order valence-corrected chi connectivity index (χ2v) is 4.41. The van der Waals surface area contributed by atoms with Crippen molar-refractivity contribution >= 4 is 21.8 Å². The summed E-state index contributed by atoms with van der Waals surface area (Å²) in [4.78, 5) is 13.6. The number of rotatable bonds is 3. The Morgan fingerprint density at radius 3 is 2.44 bits per heavy atom. The minimum absolute atomic E-state index is 0.143. The zero-order valence-corrected chi connectivity index (χ0v) is 11.3. The Kier molecular flexibility index (Phi) is 4.47. The molecule has 0 saturated carbocycles. The van der Waals surface area contributed by atoms with Gasteiger partial charge in [0.05, 0.1) is 5.56 Å². The molecule has 1 rings (SSSR count). The third-order valence-electron chi connectivity index (χ3n) is 2.53. The fraction of sp³-hybridized carbons (Fsp3) is 0.417. The molecule has 0 atom stereocenters. The molecule has 0 aliphatic rings. The van der Waals surface area contributed by atoms with Gasteiger partial charge in [-0.05, 0) is 38.5 Å². The van der Waals surface area contributed by atoms with Crippen LogP contribution in [-0.4, -0.2) is 23.9 Å². The van der Waals surface area contributed by atoms with Gasteiger partial charge in [0.2, 0.25) is 0 Å². The largest absolute Gasteiger partial charge is 0.339 e. The molecule has 0 fully saturated rings. The van der Waals surface area contributed by atoms with Crippen LogP contribution in [0, 0.1) is 12.7 Å². The van der Waals surface area contributed by atoms with Crippen molar-refractivity contribution in [2.24, 2.45) is 0 Å². The van der Waals surface area contributed by atoms with E-state index in [1.807, 2.05) is 20.8 Å². The summed E-state index contributed by atoms with van der Waals surface area (Å²) in [5.74, 6) is -0.729. The van der Waals surface area contributed by atoms with E-state index in [9.17, 15) is 9.18 Å². The van der Waals surface area contributed by atoms with Gasteiger partial charge in [0.15, 0.2) is 0 Å². The van der Waals surface area contributed by atoms with Gasteiger partial charge >= 0.3 is 0 Å². The van der Waals surface area contributed by atoms with Crippen LogP contribution >= 0.6 is 15.9 Å². The first-order valence-corrected chi connectivity index (χ1v) is 6.05. The summed E-state index contributed by atoms with van der Waals surface area (Å²) in [6.07, 6.45) is 0. The van der Waals surface area contributed by atoms with Crippen LogP contribution in [0.15, 0.2) is 16.6 Å². The predicted molar refractivity (Wildman–Crippen MR) is 66.1 cm³/mol. The number of aryl methyl sites for hydroxylation is 1. The van der Waals surface area contributed by atoms with E-state index in [2.05, 4.69) is 15.9 Å². The molecule has 4 heteroatoms. The molecule has 0 heterocycles. The van der Waals surface area contributed by atoms with Crippen LogP contribution in [0.2, 0.25) is 0 Å². The lowest BCUT2D eigenvalue weighted by Crippen LogP contribution is -2.31. The molecule has 0 spiro atoms. The number of hydrogen-bond acceptors (Lipinski definition) is 1. The van der Waals surface area contributed by atoms with E-state index >= 15 is 0 Å². The second-order valence-electron chi connectivity index (χ2n) is 3.56. The van der Waals surface area contributed by atoms with Crippen LogP contribution in [-0.2, 0) is 0 Å². The number of carbonyl (C=O) groups excluding carboxylic acids is 1. The SMILES string of the molecule is CCN(CC)C(=O)c1cc(C)c(Br)cc1F. The molecule has 1 amide bonds. The summed E-state index contributed by atoms with van der Waals surface area (Å²) < 4.78 is 14.3. The molecule has 16 heavy (non-hydrogen) atoms. The second kappa shape index (κ2) is 5.43. The van der Waals surface area contributed by atoms with Gasteiger partial charge in [-0.3, -0.25) is 4.79 Å². The molecule has 1 aromatic carbocycles. The Balaban J connectivity index is 3.13. The smallest absolute Gasteiger partial charge is 0.256 e. The average Bonchev–Trinajstić information content (AvgIpc) is 2.25. The molecule has 0 bridgehead atoms. The molecule has 0 aliphatic heterocycles. The summed E-state index contributed by atoms with van der Waals surface area (Å²) in [6, 6.07) is 2.92. The lowest BCUT2D eigenvalue weighted by atomic mass is 10.1. The summed E-state index contributed by atoms with van der Waals surface area (Å²) in [6.45, 7) is 6.77. The molecule has 0 aliphatic carbocycles. The number of benzene rings is 1. The lowest BCUT2D eigenvalue weighted by molar-refractivity contribution is 0.0768. The van der Waals surface area contributed by atoms with E-state index in [4.69, 9.17) is 0 Å². The number of carbonyl (C=O) groups is 1. The first kappa shape index (κ1) is 13.2. The summed E-state index contributed by atoms with van der Waals surface area (Å²) in [5, 5.41) is 0. The van der Waals surface area contributed by atoms with Crippen molar-refractivity contribution in [2.45, 2.75) is 20.8 Å². The van der Waals surface area contributed by atoms with Crippen LogP contribution in [0.3, 0.4) is 0 Å². The molecular formula is C12H15BrFNO. The highest BCUT2D eigenvalue weighted by Crippen LogP contribution is 2.21. The number of halogens is 2. The van der Waals surface area contributed by atoms with Crippen LogP contribution in [0.5, 0.6) is 0 Å². The number of hydrogen-bond donors (Lipinski definition) is 0. The van der Waals surface area contributed by atoms with Gasteiger partial charge in [-0.2, -0.15) is 0 Å². The molecule has 0 N–H and O–H groups in total. The van der Waals surface area contributed by atoms with E-state index in [0.717, 1.165) is 5.56 Å². The maximum absolute atomic E-state index is 13.6. The zero-order valence-electron chi connectivity index (χ0n) is 9.68. The van der Waals surface area contributed by atoms with Crippen LogP contribution in [0.1, 0.15) is 29.8 Å². The van der Waals surface area contributed by atoms with Gasteiger partial charge in [-0.25, -0.2) is 4.39 Å². The molecular weight excluding hydrogens is 273 g/mol. The Labute approximate surface area is 104 Å². The molecule has 0 unspecified atom stereocenters. The third-order valence-corrected chi connectivity index (χ3v) is 3.38. The van der Waals surface area contributed by atoms with Gasteiger partial charge in [-0.15, -0.1) is 0 Å². The minimum Gasteiger partial charge on any atom is -0.339 e. The Hall–Kier alpha value is -0.900. The van der Waals surface area contributed by atoms with Crippen molar-refractivity contribution < 1.29 is 9.18 Å². The Morgan fingerprint density at radius 1 is 1.38 bits per heavy atom. The normalized spacial score (nSPS) is 10.3. The highest BCUT2D eigenvalue weighted by Gasteiger charge is 2.17. The first-order valence-electron chi connectivity index (χ1n) is 5.26. The van der Waals surface area contributed by atoms with Gasteiger partial charge in [0, 0.05) is 17.6 Å². The maximum Gasteiger partial charge on any atom is 0.256 e. The first-order chi connectivity index (χ1) is 7.51. The van der Waals surface area contributed by atoms with Gasteiger partial charge < -0.3 is 4.90 Å². The van der Waals surface area contributed by atoms with Crippen LogP contribution in [0.25, 0.3) is 0 Å². The van der Waals surface area contributed by atoms with Crippen LogP contribution < -0.4 is 0 Å². The van der Waals surface area contributed by atoms with Crippen molar-refractivity contribution in [3.05, 3.63) is 33.5 Å². The molecule has 0 radical (unpaired) electrons. The van der Waals surface area contributed by atoms with Crippen molar-refractivity contribution in [1.29, 1.82) is 0 Å². The Bertz CT molecular complexity index is 402. The zero-order chi connectivity index (χ0) is 12.3. The van der Waals surface area contributed by atoms with Gasteiger partial charge in [0.1, 0.15) is 5.82 Å². The van der Waals surface area contributed by atoms with Crippen molar-refractivity contribution in [3.8, 4) is 0 Å². The van der Waals surface area contributed by atoms with Gasteiger partial charge in [0.25, 0.3) is 5.91 Å². The topological polar surface area (TPSA) is 20.3 Å². The third kappa shape index (κ3) is 2.61. The highest BCUT2D eigenvalue weighted by molar-refractivity contribution is 9.10. The van der Waals surface area contributed by atoms with E-state index in [1.54, 1.807) is 11.0 Å². The number of amides is 1. The standard InChI is InChI=1S/C12H15BrFNO/c1-4-15(5-2)12(16)9-6-8(3)10(13)7-11(9)14/h6-7H,4-5H2,1-3H3. The van der Waals surface area contributed by atoms with Gasteiger partial charge in [-0.1, -0.05) is 15.9 Å². The fourth-order valence-corrected chi connectivity index (χ4v) is 1.82. The van der Waals surface area contributed by atoms with E-state index < -0.39 is 5.82 Å². The predicted octanol–water partition coefficient (Wildman–Crippen LogP) is 3.38. The van der Waals surface area contributed by atoms with Crippen molar-refractivity contribution in [3.63, 3.8) is 0 Å². The number of nitrogens with zero attached hydrogens (tertiary/aromatic N) is 1.